The molecular formula is C20H19N5. The Hall–Kier alpha value is -3.21. The summed E-state index contributed by atoms with van der Waals surface area (Å²) in [5.74, 6) is 0.631. The van der Waals surface area contributed by atoms with E-state index in [-0.39, 0.29) is 0 Å². The first-order valence-electron chi connectivity index (χ1n) is 8.47. The molecule has 0 aliphatic rings. The molecule has 0 saturated carbocycles. The molecule has 0 spiro atoms. The van der Waals surface area contributed by atoms with Crippen LogP contribution < -0.4 is 5.32 Å². The predicted molar refractivity (Wildman–Crippen MR) is 101 cm³/mol. The number of hydrogen-bond donors (Lipinski definition) is 1. The Morgan fingerprint density at radius 1 is 0.960 bits per heavy atom. The summed E-state index contributed by atoms with van der Waals surface area (Å²) >= 11 is 0. The second-order valence-electron chi connectivity index (χ2n) is 5.82. The van der Waals surface area contributed by atoms with E-state index >= 15 is 0 Å². The molecule has 5 heteroatoms. The Kier molecular flexibility index (Phi) is 4.12. The van der Waals surface area contributed by atoms with Gasteiger partial charge in [-0.05, 0) is 18.6 Å². The highest BCUT2D eigenvalue weighted by Crippen LogP contribution is 2.28. The lowest BCUT2D eigenvalue weighted by Crippen LogP contribution is -2.05. The first-order valence-corrected chi connectivity index (χ1v) is 8.47. The molecule has 0 aliphatic carbocycles. The molecule has 1 N–H and O–H groups in total. The van der Waals surface area contributed by atoms with Gasteiger partial charge in [0.2, 0.25) is 5.95 Å². The van der Waals surface area contributed by atoms with Crippen molar-refractivity contribution in [1.82, 2.24) is 19.7 Å². The van der Waals surface area contributed by atoms with Crippen LogP contribution in [0.3, 0.4) is 0 Å². The highest BCUT2D eigenvalue weighted by atomic mass is 15.3. The Morgan fingerprint density at radius 3 is 2.40 bits per heavy atom. The van der Waals surface area contributed by atoms with E-state index in [0.29, 0.717) is 5.95 Å². The fourth-order valence-electron chi connectivity index (χ4n) is 2.78. The van der Waals surface area contributed by atoms with Gasteiger partial charge in [-0.1, -0.05) is 55.5 Å². The number of aromatic nitrogens is 4. The zero-order chi connectivity index (χ0) is 17.1. The van der Waals surface area contributed by atoms with Crippen LogP contribution >= 0.6 is 0 Å². The summed E-state index contributed by atoms with van der Waals surface area (Å²) in [5.41, 5.74) is 3.73. The number of para-hydroxylation sites is 1. The van der Waals surface area contributed by atoms with Crippen molar-refractivity contribution in [2.75, 3.05) is 11.9 Å². The number of nitrogens with one attached hydrogen (secondary N) is 1. The number of anilines is 1. The fraction of sp³-hybridized carbons (Fsp3) is 0.150. The third kappa shape index (κ3) is 2.96. The van der Waals surface area contributed by atoms with E-state index in [1.54, 1.807) is 0 Å². The molecule has 124 valence electrons. The molecule has 0 saturated heterocycles. The molecule has 4 rings (SSSR count). The molecule has 0 atom stereocenters. The largest absolute Gasteiger partial charge is 0.354 e. The van der Waals surface area contributed by atoms with Crippen LogP contribution in [-0.4, -0.2) is 26.3 Å². The van der Waals surface area contributed by atoms with Crippen molar-refractivity contribution in [2.45, 2.75) is 13.3 Å². The molecule has 2 aromatic carbocycles. The molecule has 0 unspecified atom stereocenters. The van der Waals surface area contributed by atoms with Gasteiger partial charge in [0.1, 0.15) is 5.69 Å². The molecule has 0 fully saturated rings. The summed E-state index contributed by atoms with van der Waals surface area (Å²) in [5, 5.41) is 9.03. The summed E-state index contributed by atoms with van der Waals surface area (Å²) in [6.07, 6.45) is 2.88. The number of benzene rings is 2. The lowest BCUT2D eigenvalue weighted by Gasteiger charge is -2.04. The van der Waals surface area contributed by atoms with E-state index in [2.05, 4.69) is 29.4 Å². The van der Waals surface area contributed by atoms with Gasteiger partial charge in [0.25, 0.3) is 0 Å². The third-order valence-electron chi connectivity index (χ3n) is 4.01. The van der Waals surface area contributed by atoms with Crippen LogP contribution in [0.4, 0.5) is 5.95 Å². The minimum atomic E-state index is 0.631. The van der Waals surface area contributed by atoms with Crippen LogP contribution in [0.25, 0.3) is 28.0 Å². The van der Waals surface area contributed by atoms with Gasteiger partial charge in [-0.25, -0.2) is 9.67 Å². The smallest absolute Gasteiger partial charge is 0.224 e. The maximum Gasteiger partial charge on any atom is 0.224 e. The maximum absolute atomic E-state index is 4.84. The van der Waals surface area contributed by atoms with E-state index in [4.69, 9.17) is 10.1 Å². The second-order valence-corrected chi connectivity index (χ2v) is 5.82. The Morgan fingerprint density at radius 2 is 1.68 bits per heavy atom. The summed E-state index contributed by atoms with van der Waals surface area (Å²) in [6, 6.07) is 20.2. The maximum atomic E-state index is 4.84. The molecular weight excluding hydrogens is 310 g/mol. The number of rotatable bonds is 5. The van der Waals surface area contributed by atoms with Gasteiger partial charge >= 0.3 is 0 Å². The monoisotopic (exact) mass is 329 g/mol. The van der Waals surface area contributed by atoms with Gasteiger partial charge in [0.15, 0.2) is 5.65 Å². The lowest BCUT2D eigenvalue weighted by atomic mass is 10.1. The van der Waals surface area contributed by atoms with Gasteiger partial charge in [0, 0.05) is 18.3 Å². The topological polar surface area (TPSA) is 55.6 Å². The Bertz CT molecular complexity index is 977. The van der Waals surface area contributed by atoms with Gasteiger partial charge in [-0.15, -0.1) is 0 Å². The molecule has 2 aromatic heterocycles. The predicted octanol–water partition coefficient (Wildman–Crippen LogP) is 4.30. The Balaban J connectivity index is 1.92. The fourth-order valence-corrected chi connectivity index (χ4v) is 2.78. The third-order valence-corrected chi connectivity index (χ3v) is 4.01. The van der Waals surface area contributed by atoms with Crippen LogP contribution in [-0.2, 0) is 0 Å². The molecule has 0 radical (unpaired) electrons. The zero-order valence-corrected chi connectivity index (χ0v) is 14.1. The van der Waals surface area contributed by atoms with E-state index in [9.17, 15) is 0 Å². The van der Waals surface area contributed by atoms with E-state index in [1.165, 1.54) is 0 Å². The van der Waals surface area contributed by atoms with E-state index in [1.807, 2.05) is 59.4 Å². The zero-order valence-electron chi connectivity index (χ0n) is 14.1. The van der Waals surface area contributed by atoms with Gasteiger partial charge in [0.05, 0.1) is 11.1 Å². The standard InChI is InChI=1S/C20H19N5/c1-2-13-21-20-22-14-17-18(15-9-5-3-6-10-15)24-25(19(17)23-20)16-11-7-4-8-12-16/h3-12,14H,2,13H2,1H3,(H,21,22,23). The molecule has 0 amide bonds. The molecule has 0 aliphatic heterocycles. The average molecular weight is 329 g/mol. The van der Waals surface area contributed by atoms with Crippen LogP contribution in [0.1, 0.15) is 13.3 Å². The second kappa shape index (κ2) is 6.73. The van der Waals surface area contributed by atoms with E-state index in [0.717, 1.165) is 40.9 Å². The molecule has 0 bridgehead atoms. The van der Waals surface area contributed by atoms with Gasteiger partial charge < -0.3 is 5.32 Å². The van der Waals surface area contributed by atoms with Gasteiger partial charge in [-0.2, -0.15) is 10.1 Å². The minimum absolute atomic E-state index is 0.631. The van der Waals surface area contributed by atoms with Crippen molar-refractivity contribution in [3.63, 3.8) is 0 Å². The molecule has 4 aromatic rings. The van der Waals surface area contributed by atoms with Crippen LogP contribution in [0, 0.1) is 0 Å². The van der Waals surface area contributed by atoms with Crippen molar-refractivity contribution in [2.24, 2.45) is 0 Å². The highest BCUT2D eigenvalue weighted by molar-refractivity contribution is 5.92. The number of fused-ring (bicyclic) bond motifs is 1. The first kappa shape index (κ1) is 15.3. The Labute approximate surface area is 146 Å². The summed E-state index contributed by atoms with van der Waals surface area (Å²) in [7, 11) is 0. The normalized spacial score (nSPS) is 10.9. The van der Waals surface area contributed by atoms with Gasteiger partial charge in [-0.3, -0.25) is 0 Å². The highest BCUT2D eigenvalue weighted by Gasteiger charge is 2.16. The summed E-state index contributed by atoms with van der Waals surface area (Å²) < 4.78 is 1.89. The summed E-state index contributed by atoms with van der Waals surface area (Å²) in [4.78, 5) is 9.18. The van der Waals surface area contributed by atoms with Crippen molar-refractivity contribution in [3.8, 4) is 16.9 Å². The van der Waals surface area contributed by atoms with Crippen LogP contribution in [0.5, 0.6) is 0 Å². The quantitative estimate of drug-likeness (QED) is 0.593. The number of nitrogens with zero attached hydrogens (tertiary/aromatic N) is 4. The number of hydrogen-bond acceptors (Lipinski definition) is 4. The van der Waals surface area contributed by atoms with Crippen LogP contribution in [0.15, 0.2) is 66.9 Å². The van der Waals surface area contributed by atoms with E-state index < -0.39 is 0 Å². The van der Waals surface area contributed by atoms with Crippen molar-refractivity contribution < 1.29 is 0 Å². The van der Waals surface area contributed by atoms with Crippen molar-refractivity contribution >= 4 is 17.0 Å². The average Bonchev–Trinajstić information content (AvgIpc) is 3.06. The minimum Gasteiger partial charge on any atom is -0.354 e. The lowest BCUT2D eigenvalue weighted by molar-refractivity contribution is 0.895. The first-order chi connectivity index (χ1) is 12.4. The SMILES string of the molecule is CCCNc1ncc2c(-c3ccccc3)nn(-c3ccccc3)c2n1. The van der Waals surface area contributed by atoms with Crippen LogP contribution in [0.2, 0.25) is 0 Å². The molecule has 25 heavy (non-hydrogen) atoms. The van der Waals surface area contributed by atoms with Crippen molar-refractivity contribution in [1.29, 1.82) is 0 Å². The molecule has 2 heterocycles. The molecule has 5 nitrogen and oxygen atoms in total. The van der Waals surface area contributed by atoms with Crippen molar-refractivity contribution in [3.05, 3.63) is 66.9 Å². The summed E-state index contributed by atoms with van der Waals surface area (Å²) in [6.45, 7) is 2.96.